The van der Waals surface area contributed by atoms with Gasteiger partial charge in [-0.15, -0.1) is 5.10 Å². The van der Waals surface area contributed by atoms with Crippen LogP contribution in [0.3, 0.4) is 0 Å². The zero-order valence-electron chi connectivity index (χ0n) is 7.95. The predicted molar refractivity (Wildman–Crippen MR) is 58.1 cm³/mol. The maximum absolute atomic E-state index is 13.2. The number of hydrogen-bond donors (Lipinski definition) is 0. The van der Waals surface area contributed by atoms with Crippen molar-refractivity contribution in [3.63, 3.8) is 0 Å². The molecule has 15 heavy (non-hydrogen) atoms. The van der Waals surface area contributed by atoms with Crippen molar-refractivity contribution in [2.24, 2.45) is 0 Å². The molecule has 1 aromatic carbocycles. The first-order chi connectivity index (χ1) is 7.25. The minimum absolute atomic E-state index is 0.253. The predicted octanol–water partition coefficient (Wildman–Crippen LogP) is 3.06. The molecule has 3 rings (SSSR count). The molecule has 0 saturated heterocycles. The molecule has 0 radical (unpaired) electrons. The van der Waals surface area contributed by atoms with E-state index < -0.39 is 0 Å². The van der Waals surface area contributed by atoms with Crippen LogP contribution in [0.2, 0.25) is 0 Å². The van der Waals surface area contributed by atoms with Gasteiger partial charge in [-0.05, 0) is 41.3 Å². The van der Waals surface area contributed by atoms with Gasteiger partial charge in [-0.2, -0.15) is 0 Å². The van der Waals surface area contributed by atoms with Crippen LogP contribution in [0.5, 0.6) is 0 Å². The van der Waals surface area contributed by atoms with Gasteiger partial charge in [0.05, 0.1) is 16.0 Å². The molecule has 0 spiro atoms. The molecular weight excluding hydrogens is 261 g/mol. The van der Waals surface area contributed by atoms with Crippen LogP contribution in [0, 0.1) is 5.82 Å². The zero-order valence-corrected chi connectivity index (χ0v) is 9.54. The van der Waals surface area contributed by atoms with E-state index in [0.29, 0.717) is 10.5 Å². The van der Waals surface area contributed by atoms with Gasteiger partial charge in [-0.25, -0.2) is 9.07 Å². The summed E-state index contributed by atoms with van der Waals surface area (Å²) in [4.78, 5) is 0. The van der Waals surface area contributed by atoms with Gasteiger partial charge in [0.15, 0.2) is 0 Å². The highest BCUT2D eigenvalue weighted by Gasteiger charge is 2.23. The maximum Gasteiger partial charge on any atom is 0.127 e. The Hall–Kier alpha value is -0.970. The van der Waals surface area contributed by atoms with E-state index in [1.54, 1.807) is 0 Å². The van der Waals surface area contributed by atoms with Crippen molar-refractivity contribution < 1.29 is 4.39 Å². The third-order valence-corrected chi connectivity index (χ3v) is 3.52. The van der Waals surface area contributed by atoms with Gasteiger partial charge in [0.1, 0.15) is 11.3 Å². The second-order valence-electron chi connectivity index (χ2n) is 3.87. The van der Waals surface area contributed by atoms with Crippen molar-refractivity contribution in [1.29, 1.82) is 0 Å². The third-order valence-electron chi connectivity index (χ3n) is 2.92. The lowest BCUT2D eigenvalue weighted by Crippen LogP contribution is -2.18. The van der Waals surface area contributed by atoms with Crippen LogP contribution < -0.4 is 0 Å². The number of fused-ring (bicyclic) bond motifs is 1. The largest absolute Gasteiger partial charge is 0.241 e. The average Bonchev–Trinajstić information content (AvgIpc) is 2.46. The van der Waals surface area contributed by atoms with Gasteiger partial charge in [-0.3, -0.25) is 0 Å². The highest BCUT2D eigenvalue weighted by Crippen LogP contribution is 2.34. The molecule has 1 saturated carbocycles. The molecule has 1 heterocycles. The lowest BCUT2D eigenvalue weighted by atomic mass is 9.93. The number of nitrogens with zero attached hydrogens (tertiary/aromatic N) is 3. The summed E-state index contributed by atoms with van der Waals surface area (Å²) >= 11 is 3.29. The molecule has 2 aromatic rings. The lowest BCUT2D eigenvalue weighted by Gasteiger charge is -2.25. The monoisotopic (exact) mass is 269 g/mol. The summed E-state index contributed by atoms with van der Waals surface area (Å²) in [7, 11) is 0. The van der Waals surface area contributed by atoms with Crippen LogP contribution in [-0.4, -0.2) is 15.0 Å². The molecule has 1 fully saturated rings. The Labute approximate surface area is 94.4 Å². The fourth-order valence-electron chi connectivity index (χ4n) is 1.87. The van der Waals surface area contributed by atoms with Crippen molar-refractivity contribution in [2.45, 2.75) is 25.3 Å². The molecule has 1 aromatic heterocycles. The Kier molecular flexibility index (Phi) is 2.02. The van der Waals surface area contributed by atoms with Crippen molar-refractivity contribution in [3.8, 4) is 0 Å². The Bertz CT molecular complexity index is 519. The highest BCUT2D eigenvalue weighted by atomic mass is 79.9. The van der Waals surface area contributed by atoms with Crippen molar-refractivity contribution in [1.82, 2.24) is 15.0 Å². The minimum Gasteiger partial charge on any atom is -0.241 e. The fraction of sp³-hybridized carbons (Fsp3) is 0.400. The maximum atomic E-state index is 13.2. The summed E-state index contributed by atoms with van der Waals surface area (Å²) in [5.41, 5.74) is 1.52. The van der Waals surface area contributed by atoms with Gasteiger partial charge >= 0.3 is 0 Å². The Morgan fingerprint density at radius 3 is 2.87 bits per heavy atom. The second kappa shape index (κ2) is 3.27. The SMILES string of the molecule is Fc1cc(Br)c2nnn(C3CCC3)c2c1. The molecule has 1 aliphatic carbocycles. The molecular formula is C10H9BrFN3. The highest BCUT2D eigenvalue weighted by molar-refractivity contribution is 9.10. The van der Waals surface area contributed by atoms with E-state index in [1.165, 1.54) is 18.6 Å². The molecule has 0 atom stereocenters. The molecule has 0 bridgehead atoms. The van der Waals surface area contributed by atoms with Gasteiger partial charge in [0.25, 0.3) is 0 Å². The van der Waals surface area contributed by atoms with Crippen LogP contribution >= 0.6 is 15.9 Å². The Morgan fingerprint density at radius 1 is 1.40 bits per heavy atom. The van der Waals surface area contributed by atoms with Gasteiger partial charge < -0.3 is 0 Å². The molecule has 0 N–H and O–H groups in total. The van der Waals surface area contributed by atoms with E-state index in [4.69, 9.17) is 0 Å². The second-order valence-corrected chi connectivity index (χ2v) is 4.73. The number of halogens is 2. The number of aromatic nitrogens is 3. The topological polar surface area (TPSA) is 30.7 Å². The molecule has 3 nitrogen and oxygen atoms in total. The minimum atomic E-state index is -0.253. The number of hydrogen-bond acceptors (Lipinski definition) is 2. The fourth-order valence-corrected chi connectivity index (χ4v) is 2.37. The summed E-state index contributed by atoms with van der Waals surface area (Å²) in [5.74, 6) is -0.253. The van der Waals surface area contributed by atoms with E-state index in [2.05, 4.69) is 26.2 Å². The zero-order chi connectivity index (χ0) is 10.4. The standard InChI is InChI=1S/C10H9BrFN3/c11-8-4-6(12)5-9-10(8)13-14-15(9)7-2-1-3-7/h4-5,7H,1-3H2. The Balaban J connectivity index is 2.23. The molecule has 1 aliphatic rings. The number of benzene rings is 1. The summed E-state index contributed by atoms with van der Waals surface area (Å²) < 4.78 is 15.8. The Morgan fingerprint density at radius 2 is 2.20 bits per heavy atom. The van der Waals surface area contributed by atoms with E-state index in [-0.39, 0.29) is 5.82 Å². The summed E-state index contributed by atoms with van der Waals surface area (Å²) in [6.45, 7) is 0. The van der Waals surface area contributed by atoms with Gasteiger partial charge in [0, 0.05) is 6.07 Å². The quantitative estimate of drug-likeness (QED) is 0.797. The third kappa shape index (κ3) is 1.37. The molecule has 0 amide bonds. The van der Waals surface area contributed by atoms with E-state index in [9.17, 15) is 4.39 Å². The van der Waals surface area contributed by atoms with Crippen LogP contribution in [-0.2, 0) is 0 Å². The lowest BCUT2D eigenvalue weighted by molar-refractivity contribution is 0.292. The molecule has 0 unspecified atom stereocenters. The van der Waals surface area contributed by atoms with Crippen LogP contribution in [0.15, 0.2) is 16.6 Å². The van der Waals surface area contributed by atoms with Gasteiger partial charge in [-0.1, -0.05) is 5.21 Å². The van der Waals surface area contributed by atoms with Crippen molar-refractivity contribution in [2.75, 3.05) is 0 Å². The molecule has 5 heteroatoms. The van der Waals surface area contributed by atoms with E-state index >= 15 is 0 Å². The first-order valence-corrected chi connectivity index (χ1v) is 5.75. The van der Waals surface area contributed by atoms with Crippen molar-refractivity contribution >= 4 is 27.0 Å². The van der Waals surface area contributed by atoms with E-state index in [0.717, 1.165) is 23.9 Å². The summed E-state index contributed by atoms with van der Waals surface area (Å²) in [5, 5.41) is 8.15. The summed E-state index contributed by atoms with van der Waals surface area (Å²) in [6, 6.07) is 3.32. The van der Waals surface area contributed by atoms with Crippen molar-refractivity contribution in [3.05, 3.63) is 22.4 Å². The first kappa shape index (κ1) is 9.27. The molecule has 78 valence electrons. The number of rotatable bonds is 1. The normalized spacial score (nSPS) is 16.9. The van der Waals surface area contributed by atoms with Crippen LogP contribution in [0.25, 0.3) is 11.0 Å². The smallest absolute Gasteiger partial charge is 0.127 e. The van der Waals surface area contributed by atoms with Crippen LogP contribution in [0.1, 0.15) is 25.3 Å². The molecule has 0 aliphatic heterocycles. The first-order valence-electron chi connectivity index (χ1n) is 4.95. The van der Waals surface area contributed by atoms with Gasteiger partial charge in [0.2, 0.25) is 0 Å². The average molecular weight is 270 g/mol. The summed E-state index contributed by atoms with van der Waals surface area (Å²) in [6.07, 6.45) is 3.46. The van der Waals surface area contributed by atoms with E-state index in [1.807, 2.05) is 4.68 Å². The van der Waals surface area contributed by atoms with Crippen LogP contribution in [0.4, 0.5) is 4.39 Å².